The Bertz CT molecular complexity index is 774. The SMILES string of the molecule is N#CP(=O)(O)O.N#CP(=O)(O)O.N#CP(=O)(O)O.N#CP(=O)(O)O.O=C([O-])C(=O)O.[Na+]. The molecule has 0 aromatic carbocycles. The van der Waals surface area contributed by atoms with Gasteiger partial charge in [0, 0.05) is 0 Å². The summed E-state index contributed by atoms with van der Waals surface area (Å²) in [5, 5.41) is 45.9. The molecule has 0 fully saturated rings. The van der Waals surface area contributed by atoms with Crippen molar-refractivity contribution in [2.45, 2.75) is 0 Å². The van der Waals surface area contributed by atoms with Crippen LogP contribution in [0.4, 0.5) is 0 Å². The Hall–Kier alpha value is -1.50. The number of carbonyl (C=O) groups is 2. The van der Waals surface area contributed by atoms with Gasteiger partial charge in [-0.25, -0.2) is 23.1 Å². The van der Waals surface area contributed by atoms with E-state index in [4.69, 9.17) is 80.0 Å². The standard InChI is InChI=1S/C2H2O4.4CH2NO3P.Na/c3-1(4)2(5)6;4*2-1-6(3,4)5;/h(H,3,4)(H,5,6);4*(H2,3,4,5);/q;;;;;+1/p-1. The van der Waals surface area contributed by atoms with Gasteiger partial charge >= 0.3 is 65.9 Å². The predicted molar refractivity (Wildman–Crippen MR) is 83.3 cm³/mol. The predicted octanol–water partition coefficient (Wildman–Crippen LogP) is -6.59. The molecule has 0 aliphatic rings. The second-order valence-electron chi connectivity index (χ2n) is 3.17. The molecule has 0 saturated heterocycles. The largest absolute Gasteiger partial charge is 1.00 e. The van der Waals surface area contributed by atoms with E-state index in [0.29, 0.717) is 0 Å². The summed E-state index contributed by atoms with van der Waals surface area (Å²) in [6.45, 7) is 0. The summed E-state index contributed by atoms with van der Waals surface area (Å²) in [7, 11) is -17.4. The molecule has 25 heteroatoms. The van der Waals surface area contributed by atoms with E-state index in [9.17, 15) is 18.3 Å². The van der Waals surface area contributed by atoms with E-state index in [2.05, 4.69) is 0 Å². The van der Waals surface area contributed by atoms with Crippen molar-refractivity contribution in [2.75, 3.05) is 0 Å². The van der Waals surface area contributed by atoms with Gasteiger partial charge in [0.05, 0.1) is 0 Å². The molecule has 31 heavy (non-hydrogen) atoms. The molecule has 0 aliphatic heterocycles. The van der Waals surface area contributed by atoms with E-state index >= 15 is 0 Å². The number of nitrogens with zero attached hydrogens (tertiary/aromatic N) is 4. The number of hydrogen-bond donors (Lipinski definition) is 9. The maximum absolute atomic E-state index is 9.33. The molecule has 0 aromatic rings. The molecule has 0 rings (SSSR count). The average Bonchev–Trinajstić information content (AvgIpc) is 2.54. The molecular weight excluding hydrogens is 531 g/mol. The van der Waals surface area contributed by atoms with Gasteiger partial charge in [0.2, 0.25) is 0 Å². The molecule has 0 heterocycles. The maximum Gasteiger partial charge on any atom is 1.00 e. The van der Waals surface area contributed by atoms with Gasteiger partial charge in [0.25, 0.3) is 0 Å². The number of hydrogen-bond acceptors (Lipinski definition) is 11. The molecule has 0 spiro atoms. The number of nitriles is 4. The van der Waals surface area contributed by atoms with Crippen molar-refractivity contribution >= 4 is 42.3 Å². The Morgan fingerprint density at radius 3 is 0.645 bits per heavy atom. The molecule has 20 nitrogen and oxygen atoms in total. The average molecular weight is 540 g/mol. The van der Waals surface area contributed by atoms with Gasteiger partial charge in [0.15, 0.2) is 29.2 Å². The third-order valence-corrected chi connectivity index (χ3v) is 1.74. The quantitative estimate of drug-likeness (QED) is 0.0783. The van der Waals surface area contributed by atoms with Gasteiger partial charge in [-0.1, -0.05) is 0 Å². The van der Waals surface area contributed by atoms with E-state index in [1.807, 2.05) is 0 Å². The van der Waals surface area contributed by atoms with Crippen molar-refractivity contribution in [1.29, 1.82) is 21.0 Å². The number of aliphatic carboxylic acids is 2. The molecule has 170 valence electrons. The first kappa shape index (κ1) is 43.4. The fourth-order valence-electron chi connectivity index (χ4n) is 0. The van der Waals surface area contributed by atoms with Crippen molar-refractivity contribution in [1.82, 2.24) is 0 Å². The third-order valence-electron chi connectivity index (χ3n) is 0.696. The van der Waals surface area contributed by atoms with Crippen LogP contribution in [0.25, 0.3) is 0 Å². The van der Waals surface area contributed by atoms with Crippen molar-refractivity contribution < 1.29 is 107 Å². The van der Waals surface area contributed by atoms with Crippen LogP contribution < -0.4 is 34.7 Å². The van der Waals surface area contributed by atoms with E-state index in [-0.39, 0.29) is 29.6 Å². The topological polar surface area (TPSA) is 403 Å². The maximum atomic E-state index is 9.33. The van der Waals surface area contributed by atoms with Crippen LogP contribution in [0.5, 0.6) is 0 Å². The van der Waals surface area contributed by atoms with Crippen LogP contribution in [-0.2, 0) is 27.8 Å². The zero-order chi connectivity index (χ0) is 26.0. The van der Waals surface area contributed by atoms with Gasteiger partial charge in [-0.05, 0) is 0 Å². The summed E-state index contributed by atoms with van der Waals surface area (Å²) in [4.78, 5) is 78.6. The van der Waals surface area contributed by atoms with Crippen LogP contribution in [0, 0.1) is 44.3 Å². The van der Waals surface area contributed by atoms with Crippen LogP contribution in [0.2, 0.25) is 0 Å². The van der Waals surface area contributed by atoms with Crippen LogP contribution in [-0.4, -0.2) is 56.2 Å². The molecule has 0 aliphatic carbocycles. The number of carbonyl (C=O) groups excluding carboxylic acids is 1. The first-order valence-corrected chi connectivity index (χ1v) is 11.7. The molecule has 0 unspecified atom stereocenters. The van der Waals surface area contributed by atoms with E-state index in [1.54, 1.807) is 0 Å². The van der Waals surface area contributed by atoms with Gasteiger partial charge in [0.1, 0.15) is 0 Å². The Morgan fingerprint density at radius 1 is 0.581 bits per heavy atom. The molecule has 0 radical (unpaired) electrons. The first-order chi connectivity index (χ1) is 12.9. The molecule has 0 atom stereocenters. The summed E-state index contributed by atoms with van der Waals surface area (Å²) < 4.78 is 37.3. The van der Waals surface area contributed by atoms with E-state index in [0.717, 1.165) is 23.2 Å². The van der Waals surface area contributed by atoms with Gasteiger partial charge in [-0.15, -0.1) is 0 Å². The van der Waals surface area contributed by atoms with Gasteiger partial charge in [-0.3, -0.25) is 0 Å². The Balaban J connectivity index is -0.0000000625. The Labute approximate surface area is 193 Å². The zero-order valence-electron chi connectivity index (χ0n) is 14.5. The summed E-state index contributed by atoms with van der Waals surface area (Å²) in [6, 6.07) is 0. The number of rotatable bonds is 0. The van der Waals surface area contributed by atoms with Crippen molar-refractivity contribution in [3.8, 4) is 23.2 Å². The Morgan fingerprint density at radius 2 is 0.645 bits per heavy atom. The molecular formula is C6H9N4NaO16P4. The summed E-state index contributed by atoms with van der Waals surface area (Å²) in [6.07, 6.45) is 0. The monoisotopic (exact) mass is 540 g/mol. The van der Waals surface area contributed by atoms with Crippen LogP contribution >= 0.6 is 30.4 Å². The van der Waals surface area contributed by atoms with Crippen molar-refractivity contribution in [2.24, 2.45) is 0 Å². The molecule has 0 aromatic heterocycles. The van der Waals surface area contributed by atoms with Gasteiger partial charge < -0.3 is 54.2 Å². The second kappa shape index (κ2) is 20.4. The van der Waals surface area contributed by atoms with Crippen LogP contribution in [0.3, 0.4) is 0 Å². The van der Waals surface area contributed by atoms with Crippen molar-refractivity contribution in [3.63, 3.8) is 0 Å². The zero-order valence-corrected chi connectivity index (χ0v) is 20.0. The summed E-state index contributed by atoms with van der Waals surface area (Å²) in [5.74, 6) is -0.926. The fourth-order valence-corrected chi connectivity index (χ4v) is 0. The van der Waals surface area contributed by atoms with E-state index < -0.39 is 42.3 Å². The fraction of sp³-hybridized carbons (Fsp3) is 0. The molecule has 0 bridgehead atoms. The summed E-state index contributed by atoms with van der Waals surface area (Å²) >= 11 is 0. The molecule has 0 amide bonds. The summed E-state index contributed by atoms with van der Waals surface area (Å²) in [5.41, 5.74) is 0. The minimum atomic E-state index is -4.34. The smallest absolute Gasteiger partial charge is 0.539 e. The van der Waals surface area contributed by atoms with E-state index in [1.165, 1.54) is 0 Å². The number of carboxylic acids is 2. The number of carboxylic acid groups (broad SMARTS) is 2. The Kier molecular flexibility index (Phi) is 28.6. The third kappa shape index (κ3) is 95.2. The van der Waals surface area contributed by atoms with Gasteiger partial charge in [-0.2, -0.15) is 21.0 Å². The molecule has 0 saturated carbocycles. The second-order valence-corrected chi connectivity index (χ2v) is 8.32. The normalized spacial score (nSPS) is 9.29. The van der Waals surface area contributed by atoms with Crippen LogP contribution in [0.1, 0.15) is 0 Å². The van der Waals surface area contributed by atoms with Crippen LogP contribution in [0.15, 0.2) is 0 Å². The minimum Gasteiger partial charge on any atom is -0.539 e. The first-order valence-electron chi connectivity index (χ1n) is 5.21. The van der Waals surface area contributed by atoms with Crippen molar-refractivity contribution in [3.05, 3.63) is 0 Å². The molecule has 9 N–H and O–H groups in total. The minimum absolute atomic E-state index is 0.